The Morgan fingerprint density at radius 2 is 2.06 bits per heavy atom. The molecule has 2 N–H and O–H groups in total. The summed E-state index contributed by atoms with van der Waals surface area (Å²) in [5.74, 6) is 2.03. The number of carbonyl (C=O) groups is 1. The van der Waals surface area contributed by atoms with Crippen LogP contribution in [0.3, 0.4) is 0 Å². The third-order valence-electron chi connectivity index (χ3n) is 6.63. The maximum Gasteiger partial charge on any atom is 0.245 e. The second kappa shape index (κ2) is 9.33. The Balaban J connectivity index is 1.63. The van der Waals surface area contributed by atoms with E-state index in [4.69, 9.17) is 15.2 Å². The molecule has 5 rings (SSSR count). The summed E-state index contributed by atoms with van der Waals surface area (Å²) >= 11 is 0. The number of ether oxygens (including phenoxy) is 2. The summed E-state index contributed by atoms with van der Waals surface area (Å²) in [6.07, 6.45) is 3.65. The smallest absolute Gasteiger partial charge is 0.245 e. The van der Waals surface area contributed by atoms with Gasteiger partial charge in [0.1, 0.15) is 17.8 Å². The number of benzene rings is 1. The number of aryl methyl sites for hydroxylation is 2. The van der Waals surface area contributed by atoms with Gasteiger partial charge in [0, 0.05) is 49.1 Å². The van der Waals surface area contributed by atoms with Gasteiger partial charge in [-0.25, -0.2) is 15.0 Å². The summed E-state index contributed by atoms with van der Waals surface area (Å²) < 4.78 is 13.8. The van der Waals surface area contributed by atoms with Crippen molar-refractivity contribution >= 4 is 22.8 Å². The van der Waals surface area contributed by atoms with Crippen molar-refractivity contribution in [3.63, 3.8) is 0 Å². The predicted octanol–water partition coefficient (Wildman–Crippen LogP) is 4.22. The van der Waals surface area contributed by atoms with Crippen molar-refractivity contribution in [2.75, 3.05) is 25.9 Å². The standard InChI is InChI=1S/C27H28N6O3/c1-5-22(34)33-12-11-18(14-33)25-23(24-26(28)29-15-30-27(24)32(25)3)17-9-10-19(20(13-17)35-4)36-21-8-6-7-16(2)31-21/h5-10,13,15,18H,1,11-12,14H2,2-4H3,(H2,28,29,30). The molecule has 1 aromatic carbocycles. The molecule has 1 amide bonds. The van der Waals surface area contributed by atoms with Crippen LogP contribution in [0.2, 0.25) is 0 Å². The van der Waals surface area contributed by atoms with Gasteiger partial charge in [0.15, 0.2) is 11.5 Å². The Bertz CT molecular complexity index is 1480. The molecule has 1 atom stereocenters. The lowest BCUT2D eigenvalue weighted by Gasteiger charge is -2.18. The molecule has 1 aliphatic rings. The monoisotopic (exact) mass is 484 g/mol. The summed E-state index contributed by atoms with van der Waals surface area (Å²) in [5.41, 5.74) is 10.9. The molecule has 0 bridgehead atoms. The van der Waals surface area contributed by atoms with Crippen LogP contribution >= 0.6 is 0 Å². The van der Waals surface area contributed by atoms with Gasteiger partial charge >= 0.3 is 0 Å². The average molecular weight is 485 g/mol. The highest BCUT2D eigenvalue weighted by Crippen LogP contribution is 2.44. The average Bonchev–Trinajstić information content (AvgIpc) is 3.47. The second-order valence-electron chi connectivity index (χ2n) is 8.84. The number of hydrogen-bond acceptors (Lipinski definition) is 7. The van der Waals surface area contributed by atoms with E-state index in [1.54, 1.807) is 13.2 Å². The molecule has 1 saturated heterocycles. The number of likely N-dealkylation sites (tertiary alicyclic amines) is 1. The zero-order chi connectivity index (χ0) is 25.4. The summed E-state index contributed by atoms with van der Waals surface area (Å²) in [6.45, 7) is 6.80. The number of methoxy groups -OCH3 is 1. The summed E-state index contributed by atoms with van der Waals surface area (Å²) in [7, 11) is 3.58. The van der Waals surface area contributed by atoms with Crippen LogP contribution in [-0.4, -0.2) is 50.5 Å². The topological polar surface area (TPSA) is 108 Å². The van der Waals surface area contributed by atoms with E-state index in [2.05, 4.69) is 26.1 Å². The van der Waals surface area contributed by atoms with Crippen LogP contribution in [0.1, 0.15) is 23.7 Å². The Morgan fingerprint density at radius 1 is 1.22 bits per heavy atom. The van der Waals surface area contributed by atoms with E-state index in [1.807, 2.05) is 49.2 Å². The SMILES string of the molecule is C=CC(=O)N1CCC(c2c(-c3ccc(Oc4cccc(C)n4)c(OC)c3)c3c(N)ncnc3n2C)C1. The molecule has 1 unspecified atom stereocenters. The Labute approximate surface area is 209 Å². The van der Waals surface area contributed by atoms with Crippen LogP contribution in [0.15, 0.2) is 55.4 Å². The van der Waals surface area contributed by atoms with E-state index in [-0.39, 0.29) is 11.8 Å². The third kappa shape index (κ3) is 4.02. The largest absolute Gasteiger partial charge is 0.493 e. The first-order valence-electron chi connectivity index (χ1n) is 11.7. The fraction of sp³-hybridized carbons (Fsp3) is 0.259. The van der Waals surface area contributed by atoms with E-state index in [9.17, 15) is 4.79 Å². The number of pyridine rings is 1. The predicted molar refractivity (Wildman–Crippen MR) is 138 cm³/mol. The lowest BCUT2D eigenvalue weighted by atomic mass is 9.94. The van der Waals surface area contributed by atoms with Crippen molar-refractivity contribution < 1.29 is 14.3 Å². The van der Waals surface area contributed by atoms with E-state index in [0.29, 0.717) is 36.3 Å². The van der Waals surface area contributed by atoms with Gasteiger partial charge in [-0.05, 0) is 43.2 Å². The van der Waals surface area contributed by atoms with Gasteiger partial charge in [0.2, 0.25) is 11.8 Å². The molecule has 4 heterocycles. The van der Waals surface area contributed by atoms with Crippen LogP contribution in [0.5, 0.6) is 17.4 Å². The minimum atomic E-state index is -0.0648. The number of nitrogens with zero attached hydrogens (tertiary/aromatic N) is 5. The molecular weight excluding hydrogens is 456 g/mol. The molecule has 0 aliphatic carbocycles. The fourth-order valence-corrected chi connectivity index (χ4v) is 4.97. The van der Waals surface area contributed by atoms with Crippen molar-refractivity contribution in [2.24, 2.45) is 7.05 Å². The van der Waals surface area contributed by atoms with Gasteiger partial charge in [-0.3, -0.25) is 4.79 Å². The summed E-state index contributed by atoms with van der Waals surface area (Å²) in [6, 6.07) is 11.4. The van der Waals surface area contributed by atoms with Crippen LogP contribution in [0, 0.1) is 6.92 Å². The first-order valence-corrected chi connectivity index (χ1v) is 11.7. The van der Waals surface area contributed by atoms with Gasteiger partial charge in [-0.1, -0.05) is 18.7 Å². The van der Waals surface area contributed by atoms with Crippen molar-refractivity contribution in [1.82, 2.24) is 24.4 Å². The number of amides is 1. The maximum absolute atomic E-state index is 12.3. The zero-order valence-corrected chi connectivity index (χ0v) is 20.6. The minimum absolute atomic E-state index is 0.0648. The van der Waals surface area contributed by atoms with E-state index >= 15 is 0 Å². The van der Waals surface area contributed by atoms with Crippen LogP contribution < -0.4 is 15.2 Å². The van der Waals surface area contributed by atoms with Gasteiger partial charge in [-0.15, -0.1) is 0 Å². The number of anilines is 1. The molecule has 9 heteroatoms. The highest BCUT2D eigenvalue weighted by molar-refractivity contribution is 6.03. The van der Waals surface area contributed by atoms with Gasteiger partial charge < -0.3 is 24.7 Å². The van der Waals surface area contributed by atoms with E-state index < -0.39 is 0 Å². The lowest BCUT2D eigenvalue weighted by molar-refractivity contribution is -0.125. The van der Waals surface area contributed by atoms with Crippen LogP contribution in [0.25, 0.3) is 22.2 Å². The lowest BCUT2D eigenvalue weighted by Crippen LogP contribution is -2.26. The molecule has 0 spiro atoms. The highest BCUT2D eigenvalue weighted by atomic mass is 16.5. The maximum atomic E-state index is 12.3. The van der Waals surface area contributed by atoms with Gasteiger partial charge in [0.05, 0.1) is 12.5 Å². The number of fused-ring (bicyclic) bond motifs is 1. The van der Waals surface area contributed by atoms with Crippen LogP contribution in [0.4, 0.5) is 5.82 Å². The Morgan fingerprint density at radius 3 is 2.81 bits per heavy atom. The van der Waals surface area contributed by atoms with E-state index in [0.717, 1.165) is 40.0 Å². The summed E-state index contributed by atoms with van der Waals surface area (Å²) in [4.78, 5) is 27.3. The molecule has 1 fully saturated rings. The molecule has 36 heavy (non-hydrogen) atoms. The fourth-order valence-electron chi connectivity index (χ4n) is 4.97. The van der Waals surface area contributed by atoms with E-state index in [1.165, 1.54) is 12.4 Å². The number of nitrogens with two attached hydrogens (primary N) is 1. The first-order chi connectivity index (χ1) is 17.4. The molecular formula is C27H28N6O3. The molecule has 0 saturated carbocycles. The normalized spacial score (nSPS) is 15.3. The van der Waals surface area contributed by atoms with Crippen molar-refractivity contribution in [1.29, 1.82) is 0 Å². The number of rotatable bonds is 6. The third-order valence-corrected chi connectivity index (χ3v) is 6.63. The zero-order valence-electron chi connectivity index (χ0n) is 20.6. The number of nitrogen functional groups attached to an aromatic ring is 1. The summed E-state index contributed by atoms with van der Waals surface area (Å²) in [5, 5.41) is 0.777. The molecule has 1 aliphatic heterocycles. The first kappa shape index (κ1) is 23.3. The van der Waals surface area contributed by atoms with Gasteiger partial charge in [0.25, 0.3) is 0 Å². The molecule has 9 nitrogen and oxygen atoms in total. The Hall–Kier alpha value is -4.40. The highest BCUT2D eigenvalue weighted by Gasteiger charge is 2.32. The molecule has 0 radical (unpaired) electrons. The van der Waals surface area contributed by atoms with Crippen molar-refractivity contribution in [3.8, 4) is 28.5 Å². The molecule has 3 aromatic heterocycles. The Kier molecular flexibility index (Phi) is 6.05. The van der Waals surface area contributed by atoms with Crippen LogP contribution in [-0.2, 0) is 11.8 Å². The minimum Gasteiger partial charge on any atom is -0.493 e. The molecule has 184 valence electrons. The molecule has 4 aromatic rings. The number of aromatic nitrogens is 4. The van der Waals surface area contributed by atoms with Crippen molar-refractivity contribution in [3.05, 3.63) is 66.8 Å². The van der Waals surface area contributed by atoms with Crippen molar-refractivity contribution in [2.45, 2.75) is 19.3 Å². The number of hydrogen-bond donors (Lipinski definition) is 1. The number of carbonyl (C=O) groups excluding carboxylic acids is 1. The quantitative estimate of drug-likeness (QED) is 0.408. The second-order valence-corrected chi connectivity index (χ2v) is 8.84. The van der Waals surface area contributed by atoms with Gasteiger partial charge in [-0.2, -0.15) is 0 Å².